The summed E-state index contributed by atoms with van der Waals surface area (Å²) in [4.78, 5) is 7.46. The Kier molecular flexibility index (Phi) is 4.81. The molecule has 0 aromatic carbocycles. The maximum atomic E-state index is 4.87. The van der Waals surface area contributed by atoms with Gasteiger partial charge in [-0.3, -0.25) is 4.90 Å². The van der Waals surface area contributed by atoms with Crippen LogP contribution in [0.1, 0.15) is 59.2 Å². The van der Waals surface area contributed by atoms with Crippen LogP contribution in [0.25, 0.3) is 0 Å². The molecule has 1 atom stereocenters. The van der Waals surface area contributed by atoms with Gasteiger partial charge >= 0.3 is 0 Å². The van der Waals surface area contributed by atoms with Gasteiger partial charge in [0, 0.05) is 35.5 Å². The van der Waals surface area contributed by atoms with Gasteiger partial charge in [-0.1, -0.05) is 34.6 Å². The topological polar surface area (TPSA) is 28.2 Å². The van der Waals surface area contributed by atoms with E-state index in [1.165, 1.54) is 10.7 Å². The second-order valence-corrected chi connectivity index (χ2v) is 9.24. The Balaban J connectivity index is 2.10. The fourth-order valence-corrected chi connectivity index (χ4v) is 3.69. The molecule has 1 saturated heterocycles. The fourth-order valence-electron chi connectivity index (χ4n) is 2.66. The maximum Gasteiger partial charge on any atom is 0.107 e. The van der Waals surface area contributed by atoms with Crippen LogP contribution in [0.3, 0.4) is 0 Å². The van der Waals surface area contributed by atoms with E-state index in [4.69, 9.17) is 4.98 Å². The lowest BCUT2D eigenvalue weighted by Gasteiger charge is -2.47. The minimum atomic E-state index is 0.147. The molecule has 0 saturated carbocycles. The van der Waals surface area contributed by atoms with Gasteiger partial charge in [-0.2, -0.15) is 0 Å². The Morgan fingerprint density at radius 1 is 1.43 bits per heavy atom. The van der Waals surface area contributed by atoms with Crippen LogP contribution >= 0.6 is 11.3 Å². The Morgan fingerprint density at radius 2 is 2.10 bits per heavy atom. The predicted octanol–water partition coefficient (Wildman–Crippen LogP) is 3.65. The van der Waals surface area contributed by atoms with Crippen LogP contribution in [0.2, 0.25) is 0 Å². The van der Waals surface area contributed by atoms with Crippen LogP contribution in [0.5, 0.6) is 0 Å². The van der Waals surface area contributed by atoms with Gasteiger partial charge in [0.25, 0.3) is 0 Å². The molecule has 1 aromatic rings. The van der Waals surface area contributed by atoms with E-state index in [9.17, 15) is 0 Å². The summed E-state index contributed by atoms with van der Waals surface area (Å²) in [6.07, 6.45) is 0. The van der Waals surface area contributed by atoms with Crippen LogP contribution < -0.4 is 5.32 Å². The number of hydrogen-bond donors (Lipinski definition) is 1. The van der Waals surface area contributed by atoms with E-state index in [0.29, 0.717) is 12.0 Å². The normalized spacial score (nSPS) is 23.7. The lowest BCUT2D eigenvalue weighted by atomic mass is 9.93. The number of nitrogens with one attached hydrogen (secondary N) is 1. The molecule has 1 aliphatic rings. The van der Waals surface area contributed by atoms with Crippen molar-refractivity contribution in [2.24, 2.45) is 5.92 Å². The summed E-state index contributed by atoms with van der Waals surface area (Å²) in [6.45, 7) is 19.1. The van der Waals surface area contributed by atoms with Crippen molar-refractivity contribution in [2.75, 3.05) is 13.1 Å². The molecule has 0 aliphatic carbocycles. The lowest BCUT2D eigenvalue weighted by Crippen LogP contribution is -2.62. The molecular weight excluding hydrogens is 278 g/mol. The van der Waals surface area contributed by atoms with Gasteiger partial charge in [-0.05, 0) is 19.8 Å². The Hall–Kier alpha value is -0.450. The summed E-state index contributed by atoms with van der Waals surface area (Å²) in [6, 6.07) is 0.583. The van der Waals surface area contributed by atoms with Crippen molar-refractivity contribution in [3.8, 4) is 0 Å². The van der Waals surface area contributed by atoms with Gasteiger partial charge < -0.3 is 5.32 Å². The molecular formula is C17H31N3S. The molecule has 120 valence electrons. The van der Waals surface area contributed by atoms with E-state index in [1.54, 1.807) is 0 Å². The molecule has 2 heterocycles. The summed E-state index contributed by atoms with van der Waals surface area (Å²) >= 11 is 1.81. The fraction of sp³-hybridized carbons (Fsp3) is 0.824. The third kappa shape index (κ3) is 4.05. The standard InChI is InChI=1S/C17H31N3S/c1-12(2)13-8-20(17(6,7)11-18-13)9-15-19-14(10-21-15)16(3,4)5/h10,12-13,18H,8-9,11H2,1-7H3. The summed E-state index contributed by atoms with van der Waals surface area (Å²) in [5.41, 5.74) is 1.56. The van der Waals surface area contributed by atoms with Crippen LogP contribution in [0.4, 0.5) is 0 Å². The van der Waals surface area contributed by atoms with Crippen LogP contribution in [0.15, 0.2) is 5.38 Å². The van der Waals surface area contributed by atoms with Crippen LogP contribution in [-0.2, 0) is 12.0 Å². The zero-order valence-electron chi connectivity index (χ0n) is 14.7. The first kappa shape index (κ1) is 16.9. The van der Waals surface area contributed by atoms with Gasteiger partial charge in [0.1, 0.15) is 5.01 Å². The number of thiazole rings is 1. The zero-order valence-corrected chi connectivity index (χ0v) is 15.5. The van der Waals surface area contributed by atoms with Crippen molar-refractivity contribution in [1.29, 1.82) is 0 Å². The average Bonchev–Trinajstić information content (AvgIpc) is 2.79. The minimum Gasteiger partial charge on any atom is -0.311 e. The third-order valence-corrected chi connectivity index (χ3v) is 5.35. The molecule has 1 unspecified atom stereocenters. The van der Waals surface area contributed by atoms with Crippen molar-refractivity contribution in [3.63, 3.8) is 0 Å². The number of aromatic nitrogens is 1. The van der Waals surface area contributed by atoms with Crippen molar-refractivity contribution in [3.05, 3.63) is 16.1 Å². The monoisotopic (exact) mass is 309 g/mol. The molecule has 2 rings (SSSR count). The molecule has 3 nitrogen and oxygen atoms in total. The lowest BCUT2D eigenvalue weighted by molar-refractivity contribution is 0.0473. The highest BCUT2D eigenvalue weighted by Crippen LogP contribution is 2.28. The van der Waals surface area contributed by atoms with Crippen molar-refractivity contribution < 1.29 is 0 Å². The van der Waals surface area contributed by atoms with E-state index in [-0.39, 0.29) is 11.0 Å². The molecule has 1 aliphatic heterocycles. The molecule has 0 amide bonds. The SMILES string of the molecule is CC(C)C1CN(Cc2nc(C(C)(C)C)cs2)C(C)(C)CN1. The van der Waals surface area contributed by atoms with Gasteiger partial charge in [-0.15, -0.1) is 11.3 Å². The first-order chi connectivity index (χ1) is 9.59. The van der Waals surface area contributed by atoms with E-state index in [2.05, 4.69) is 64.1 Å². The average molecular weight is 310 g/mol. The first-order valence-electron chi connectivity index (χ1n) is 8.03. The molecule has 1 fully saturated rings. The summed E-state index contributed by atoms with van der Waals surface area (Å²) in [7, 11) is 0. The maximum absolute atomic E-state index is 4.87. The van der Waals surface area contributed by atoms with Crippen molar-refractivity contribution >= 4 is 11.3 Å². The third-order valence-electron chi connectivity index (χ3n) is 4.52. The molecule has 4 heteroatoms. The highest BCUT2D eigenvalue weighted by Gasteiger charge is 2.35. The largest absolute Gasteiger partial charge is 0.311 e. The van der Waals surface area contributed by atoms with Gasteiger partial charge in [0.2, 0.25) is 0 Å². The second-order valence-electron chi connectivity index (χ2n) is 8.30. The summed E-state index contributed by atoms with van der Waals surface area (Å²) < 4.78 is 0. The van der Waals surface area contributed by atoms with E-state index in [0.717, 1.165) is 19.6 Å². The summed E-state index contributed by atoms with van der Waals surface area (Å²) in [5, 5.41) is 7.17. The highest BCUT2D eigenvalue weighted by atomic mass is 32.1. The Labute approximate surface area is 134 Å². The molecule has 21 heavy (non-hydrogen) atoms. The second kappa shape index (κ2) is 5.98. The quantitative estimate of drug-likeness (QED) is 0.924. The van der Waals surface area contributed by atoms with Gasteiger partial charge in [-0.25, -0.2) is 4.98 Å². The number of rotatable bonds is 3. The molecule has 1 N–H and O–H groups in total. The smallest absolute Gasteiger partial charge is 0.107 e. The highest BCUT2D eigenvalue weighted by molar-refractivity contribution is 7.09. The number of hydrogen-bond acceptors (Lipinski definition) is 4. The van der Waals surface area contributed by atoms with E-state index < -0.39 is 0 Å². The number of piperazine rings is 1. The Bertz CT molecular complexity index is 471. The van der Waals surface area contributed by atoms with Crippen LogP contribution in [-0.4, -0.2) is 34.6 Å². The van der Waals surface area contributed by atoms with Gasteiger partial charge in [0.15, 0.2) is 0 Å². The number of nitrogens with zero attached hydrogens (tertiary/aromatic N) is 2. The Morgan fingerprint density at radius 3 is 2.62 bits per heavy atom. The first-order valence-corrected chi connectivity index (χ1v) is 8.91. The van der Waals surface area contributed by atoms with Gasteiger partial charge in [0.05, 0.1) is 12.2 Å². The van der Waals surface area contributed by atoms with Crippen molar-refractivity contribution in [2.45, 2.75) is 72.0 Å². The predicted molar refractivity (Wildman–Crippen MR) is 91.9 cm³/mol. The zero-order chi connectivity index (χ0) is 15.8. The molecule has 1 aromatic heterocycles. The van der Waals surface area contributed by atoms with Crippen molar-refractivity contribution in [1.82, 2.24) is 15.2 Å². The summed E-state index contributed by atoms with van der Waals surface area (Å²) in [5.74, 6) is 0.671. The molecule has 0 spiro atoms. The van der Waals surface area contributed by atoms with Crippen LogP contribution in [0, 0.1) is 5.92 Å². The van der Waals surface area contributed by atoms with E-state index in [1.807, 2.05) is 11.3 Å². The molecule has 0 radical (unpaired) electrons. The minimum absolute atomic E-state index is 0.147. The van der Waals surface area contributed by atoms with E-state index >= 15 is 0 Å². The molecule has 0 bridgehead atoms.